The van der Waals surface area contributed by atoms with Crippen molar-refractivity contribution in [2.75, 3.05) is 0 Å². The summed E-state index contributed by atoms with van der Waals surface area (Å²) in [6.07, 6.45) is 1.16. The van der Waals surface area contributed by atoms with Crippen molar-refractivity contribution in [3.05, 3.63) is 21.9 Å². The maximum absolute atomic E-state index is 6.17. The highest BCUT2D eigenvalue weighted by molar-refractivity contribution is 7.10. The SMILES string of the molecule is Cc1ccsc1C1(N)CC1C. The summed E-state index contributed by atoms with van der Waals surface area (Å²) >= 11 is 1.80. The molecule has 1 aliphatic carbocycles. The average molecular weight is 167 g/mol. The molecule has 1 saturated carbocycles. The van der Waals surface area contributed by atoms with Gasteiger partial charge in [-0.3, -0.25) is 0 Å². The maximum Gasteiger partial charge on any atom is 0.0536 e. The molecule has 0 spiro atoms. The lowest BCUT2D eigenvalue weighted by atomic mass is 10.1. The van der Waals surface area contributed by atoms with Crippen LogP contribution in [0.4, 0.5) is 0 Å². The number of aryl methyl sites for hydroxylation is 1. The lowest BCUT2D eigenvalue weighted by Crippen LogP contribution is -2.20. The zero-order valence-corrected chi connectivity index (χ0v) is 7.74. The zero-order chi connectivity index (χ0) is 8.06. The lowest BCUT2D eigenvalue weighted by molar-refractivity contribution is 0.675. The summed E-state index contributed by atoms with van der Waals surface area (Å²) in [5.74, 6) is 0.680. The van der Waals surface area contributed by atoms with E-state index in [4.69, 9.17) is 5.73 Å². The zero-order valence-electron chi connectivity index (χ0n) is 6.92. The van der Waals surface area contributed by atoms with Crippen molar-refractivity contribution in [3.8, 4) is 0 Å². The van der Waals surface area contributed by atoms with Gasteiger partial charge in [0.15, 0.2) is 0 Å². The first-order chi connectivity index (χ1) is 5.14. The lowest BCUT2D eigenvalue weighted by Gasteiger charge is -2.08. The molecule has 1 fully saturated rings. The van der Waals surface area contributed by atoms with Crippen LogP contribution < -0.4 is 5.73 Å². The van der Waals surface area contributed by atoms with Crippen LogP contribution in [0.5, 0.6) is 0 Å². The molecule has 2 N–H and O–H groups in total. The summed E-state index contributed by atoms with van der Waals surface area (Å²) in [4.78, 5) is 1.39. The molecule has 1 aliphatic rings. The van der Waals surface area contributed by atoms with Crippen LogP contribution in [0.2, 0.25) is 0 Å². The van der Waals surface area contributed by atoms with Gasteiger partial charge in [0.1, 0.15) is 0 Å². The van der Waals surface area contributed by atoms with Gasteiger partial charge in [0.2, 0.25) is 0 Å². The summed E-state index contributed by atoms with van der Waals surface area (Å²) in [7, 11) is 0. The van der Waals surface area contributed by atoms with E-state index in [1.807, 2.05) is 0 Å². The molecule has 60 valence electrons. The third kappa shape index (κ3) is 0.932. The Balaban J connectivity index is 2.37. The summed E-state index contributed by atoms with van der Waals surface area (Å²) in [6, 6.07) is 2.15. The molecule has 1 heterocycles. The van der Waals surface area contributed by atoms with Crippen LogP contribution in [0, 0.1) is 12.8 Å². The Morgan fingerprint density at radius 2 is 2.36 bits per heavy atom. The Morgan fingerprint density at radius 3 is 2.73 bits per heavy atom. The van der Waals surface area contributed by atoms with Crippen LogP contribution in [-0.4, -0.2) is 0 Å². The summed E-state index contributed by atoms with van der Waals surface area (Å²) in [5.41, 5.74) is 7.57. The van der Waals surface area contributed by atoms with E-state index in [-0.39, 0.29) is 5.54 Å². The van der Waals surface area contributed by atoms with Crippen molar-refractivity contribution in [1.82, 2.24) is 0 Å². The molecule has 2 rings (SSSR count). The molecule has 0 aromatic carbocycles. The van der Waals surface area contributed by atoms with Gasteiger partial charge in [-0.1, -0.05) is 6.92 Å². The highest BCUT2D eigenvalue weighted by Gasteiger charge is 2.50. The van der Waals surface area contributed by atoms with Gasteiger partial charge in [-0.25, -0.2) is 0 Å². The van der Waals surface area contributed by atoms with Crippen LogP contribution in [-0.2, 0) is 5.54 Å². The molecule has 0 radical (unpaired) electrons. The molecule has 2 heteroatoms. The van der Waals surface area contributed by atoms with Crippen molar-refractivity contribution in [2.24, 2.45) is 11.7 Å². The van der Waals surface area contributed by atoms with Gasteiger partial charge in [0.05, 0.1) is 5.54 Å². The molecule has 1 nitrogen and oxygen atoms in total. The Kier molecular flexibility index (Phi) is 1.38. The summed E-state index contributed by atoms with van der Waals surface area (Å²) in [5, 5.41) is 2.13. The summed E-state index contributed by atoms with van der Waals surface area (Å²) in [6.45, 7) is 4.37. The Labute approximate surface area is 71.2 Å². The molecular formula is C9H13NS. The van der Waals surface area contributed by atoms with Gasteiger partial charge >= 0.3 is 0 Å². The highest BCUT2D eigenvalue weighted by Crippen LogP contribution is 2.51. The molecule has 0 bridgehead atoms. The van der Waals surface area contributed by atoms with E-state index >= 15 is 0 Å². The Bertz CT molecular complexity index is 279. The number of rotatable bonds is 1. The molecule has 2 atom stereocenters. The summed E-state index contributed by atoms with van der Waals surface area (Å²) < 4.78 is 0. The standard InChI is InChI=1S/C9H13NS/c1-6-3-4-11-8(6)9(10)5-7(9)2/h3-4,7H,5,10H2,1-2H3. The van der Waals surface area contributed by atoms with Gasteiger partial charge < -0.3 is 5.73 Å². The third-order valence-electron chi connectivity index (χ3n) is 2.65. The monoisotopic (exact) mass is 167 g/mol. The van der Waals surface area contributed by atoms with Crippen LogP contribution in [0.25, 0.3) is 0 Å². The first kappa shape index (κ1) is 7.32. The minimum atomic E-state index is 0.0399. The number of hydrogen-bond donors (Lipinski definition) is 1. The van der Waals surface area contributed by atoms with E-state index in [0.717, 1.165) is 6.42 Å². The maximum atomic E-state index is 6.17. The van der Waals surface area contributed by atoms with Gasteiger partial charge in [0, 0.05) is 4.88 Å². The fourth-order valence-corrected chi connectivity index (χ4v) is 2.78. The Hall–Kier alpha value is -0.340. The minimum Gasteiger partial charge on any atom is -0.320 e. The van der Waals surface area contributed by atoms with Crippen molar-refractivity contribution in [2.45, 2.75) is 25.8 Å². The first-order valence-electron chi connectivity index (χ1n) is 3.98. The fourth-order valence-electron chi connectivity index (χ4n) is 1.61. The van der Waals surface area contributed by atoms with Crippen molar-refractivity contribution >= 4 is 11.3 Å². The average Bonchev–Trinajstić information content (AvgIpc) is 2.43. The molecule has 1 aromatic heterocycles. The van der Waals surface area contributed by atoms with Crippen LogP contribution in [0.15, 0.2) is 11.4 Å². The molecule has 1 aromatic rings. The van der Waals surface area contributed by atoms with E-state index in [9.17, 15) is 0 Å². The Morgan fingerprint density at radius 1 is 1.73 bits per heavy atom. The second-order valence-corrected chi connectivity index (χ2v) is 4.49. The quantitative estimate of drug-likeness (QED) is 0.682. The van der Waals surface area contributed by atoms with Gasteiger partial charge in [-0.05, 0) is 36.3 Å². The van der Waals surface area contributed by atoms with E-state index in [0.29, 0.717) is 5.92 Å². The minimum absolute atomic E-state index is 0.0399. The van der Waals surface area contributed by atoms with Crippen molar-refractivity contribution < 1.29 is 0 Å². The van der Waals surface area contributed by atoms with Gasteiger partial charge in [0.25, 0.3) is 0 Å². The molecule has 0 amide bonds. The van der Waals surface area contributed by atoms with E-state index in [2.05, 4.69) is 25.3 Å². The van der Waals surface area contributed by atoms with E-state index in [1.165, 1.54) is 10.4 Å². The van der Waals surface area contributed by atoms with Gasteiger partial charge in [-0.15, -0.1) is 11.3 Å². The van der Waals surface area contributed by atoms with Crippen molar-refractivity contribution in [3.63, 3.8) is 0 Å². The van der Waals surface area contributed by atoms with E-state index in [1.54, 1.807) is 11.3 Å². The number of thiophene rings is 1. The predicted octanol–water partition coefficient (Wildman–Crippen LogP) is 2.25. The topological polar surface area (TPSA) is 26.0 Å². The first-order valence-corrected chi connectivity index (χ1v) is 4.86. The van der Waals surface area contributed by atoms with Gasteiger partial charge in [-0.2, -0.15) is 0 Å². The molecule has 0 saturated heterocycles. The third-order valence-corrected chi connectivity index (χ3v) is 3.86. The second-order valence-electron chi connectivity index (χ2n) is 3.58. The second kappa shape index (κ2) is 2.08. The molecule has 2 unspecified atom stereocenters. The fraction of sp³-hybridized carbons (Fsp3) is 0.556. The largest absolute Gasteiger partial charge is 0.320 e. The predicted molar refractivity (Wildman–Crippen MR) is 48.7 cm³/mol. The van der Waals surface area contributed by atoms with Crippen LogP contribution >= 0.6 is 11.3 Å². The number of hydrogen-bond acceptors (Lipinski definition) is 2. The molecular weight excluding hydrogens is 154 g/mol. The van der Waals surface area contributed by atoms with Crippen LogP contribution in [0.1, 0.15) is 23.8 Å². The van der Waals surface area contributed by atoms with Crippen molar-refractivity contribution in [1.29, 1.82) is 0 Å². The van der Waals surface area contributed by atoms with Crippen LogP contribution in [0.3, 0.4) is 0 Å². The number of nitrogens with two attached hydrogens (primary N) is 1. The molecule has 11 heavy (non-hydrogen) atoms. The normalized spacial score (nSPS) is 35.7. The molecule has 0 aliphatic heterocycles. The smallest absolute Gasteiger partial charge is 0.0536 e. The van der Waals surface area contributed by atoms with E-state index < -0.39 is 0 Å². The highest BCUT2D eigenvalue weighted by atomic mass is 32.1.